The highest BCUT2D eigenvalue weighted by atomic mass is 15.0. The molecule has 2 heteroatoms. The van der Waals surface area contributed by atoms with Gasteiger partial charge in [0.25, 0.3) is 0 Å². The Hall–Kier alpha value is -5.60. The third-order valence-corrected chi connectivity index (χ3v) is 9.12. The number of fused-ring (bicyclic) bond motifs is 4. The smallest absolute Gasteiger partial charge is 0.0542 e. The predicted octanol–water partition coefficient (Wildman–Crippen LogP) is 12.3. The van der Waals surface area contributed by atoms with Gasteiger partial charge < -0.3 is 9.88 Å². The van der Waals surface area contributed by atoms with E-state index in [2.05, 4.69) is 188 Å². The van der Waals surface area contributed by atoms with E-state index in [9.17, 15) is 0 Å². The molecule has 0 atom stereocenters. The summed E-state index contributed by atoms with van der Waals surface area (Å²) in [7, 11) is 0. The summed E-state index contributed by atoms with van der Waals surface area (Å²) in [6.45, 7) is 6.78. The van der Waals surface area contributed by atoms with Crippen LogP contribution in [0.3, 0.4) is 0 Å². The van der Waals surface area contributed by atoms with E-state index in [1.165, 1.54) is 60.4 Å². The van der Waals surface area contributed by atoms with E-state index in [-0.39, 0.29) is 5.41 Å². The minimum atomic E-state index is 0.131. The number of anilines is 2. The summed E-state index contributed by atoms with van der Waals surface area (Å²) in [5.41, 5.74) is 12.1. The van der Waals surface area contributed by atoms with Gasteiger partial charge in [-0.3, -0.25) is 0 Å². The van der Waals surface area contributed by atoms with Crippen molar-refractivity contribution in [2.24, 2.45) is 0 Å². The first-order valence-electron chi connectivity index (χ1n) is 16.0. The van der Waals surface area contributed by atoms with E-state index < -0.39 is 0 Å². The highest BCUT2D eigenvalue weighted by molar-refractivity contribution is 6.11. The van der Waals surface area contributed by atoms with Gasteiger partial charge in [0.2, 0.25) is 0 Å². The Morgan fingerprint density at radius 3 is 1.70 bits per heavy atom. The molecule has 0 saturated heterocycles. The van der Waals surface area contributed by atoms with Crippen molar-refractivity contribution in [2.75, 3.05) is 5.32 Å². The maximum atomic E-state index is 3.68. The van der Waals surface area contributed by atoms with Crippen LogP contribution in [-0.4, -0.2) is 4.57 Å². The summed E-state index contributed by atoms with van der Waals surface area (Å²) >= 11 is 0. The third kappa shape index (κ3) is 5.12. The highest BCUT2D eigenvalue weighted by Crippen LogP contribution is 2.37. The van der Waals surface area contributed by atoms with Crippen LogP contribution >= 0.6 is 0 Å². The molecule has 0 aliphatic carbocycles. The van der Waals surface area contributed by atoms with E-state index >= 15 is 0 Å². The number of nitrogens with one attached hydrogen (secondary N) is 1. The Morgan fingerprint density at radius 2 is 0.978 bits per heavy atom. The van der Waals surface area contributed by atoms with E-state index in [0.29, 0.717) is 0 Å². The minimum absolute atomic E-state index is 0.131. The van der Waals surface area contributed by atoms with Crippen LogP contribution in [0.15, 0.2) is 158 Å². The first-order chi connectivity index (χ1) is 22.4. The number of rotatable bonds is 5. The molecule has 8 rings (SSSR count). The highest BCUT2D eigenvalue weighted by Gasteiger charge is 2.16. The molecular formula is C44H36N2. The maximum absolute atomic E-state index is 3.68. The van der Waals surface area contributed by atoms with Gasteiger partial charge in [0, 0.05) is 27.8 Å². The normalized spacial score (nSPS) is 11.8. The zero-order valence-corrected chi connectivity index (χ0v) is 26.5. The molecule has 0 unspecified atom stereocenters. The van der Waals surface area contributed by atoms with Crippen molar-refractivity contribution in [3.63, 3.8) is 0 Å². The fourth-order valence-electron chi connectivity index (χ4n) is 6.58. The van der Waals surface area contributed by atoms with E-state index in [1.54, 1.807) is 0 Å². The Bertz CT molecular complexity index is 2340. The molecule has 222 valence electrons. The number of hydrogen-bond donors (Lipinski definition) is 1. The third-order valence-electron chi connectivity index (χ3n) is 9.12. The van der Waals surface area contributed by atoms with Crippen LogP contribution in [0.5, 0.6) is 0 Å². The van der Waals surface area contributed by atoms with E-state index in [0.717, 1.165) is 17.1 Å². The Labute approximate surface area is 270 Å². The molecule has 1 heterocycles. The monoisotopic (exact) mass is 592 g/mol. The molecular weight excluding hydrogens is 556 g/mol. The lowest BCUT2D eigenvalue weighted by atomic mass is 9.86. The Morgan fingerprint density at radius 1 is 0.435 bits per heavy atom. The quantitative estimate of drug-likeness (QED) is 0.210. The van der Waals surface area contributed by atoms with Gasteiger partial charge in [-0.15, -0.1) is 0 Å². The number of hydrogen-bond acceptors (Lipinski definition) is 1. The Kier molecular flexibility index (Phi) is 6.73. The fraction of sp³-hybridized carbons (Fsp3) is 0.0909. The zero-order chi connectivity index (χ0) is 31.3. The summed E-state index contributed by atoms with van der Waals surface area (Å²) in [4.78, 5) is 0. The SMILES string of the molecule is CC(C)(C)c1ccc(-c2ccc3c(c2)c2cc(Nc4ccc(-c5ccc6ccccc6c5)cc4)ccc2n3-c2ccccc2)cc1. The van der Waals surface area contributed by atoms with Gasteiger partial charge in [0.05, 0.1) is 11.0 Å². The molecule has 0 aliphatic rings. The van der Waals surface area contributed by atoms with Crippen LogP contribution in [0.1, 0.15) is 26.3 Å². The van der Waals surface area contributed by atoms with Crippen LogP contribution in [0, 0.1) is 0 Å². The van der Waals surface area contributed by atoms with Crippen molar-refractivity contribution in [1.82, 2.24) is 4.57 Å². The molecule has 1 N–H and O–H groups in total. The molecule has 1 aromatic heterocycles. The maximum Gasteiger partial charge on any atom is 0.0542 e. The van der Waals surface area contributed by atoms with Crippen LogP contribution in [0.4, 0.5) is 11.4 Å². The predicted molar refractivity (Wildman–Crippen MR) is 198 cm³/mol. The second-order valence-corrected chi connectivity index (χ2v) is 13.2. The van der Waals surface area contributed by atoms with Crippen molar-refractivity contribution in [1.29, 1.82) is 0 Å². The molecule has 7 aromatic carbocycles. The lowest BCUT2D eigenvalue weighted by Crippen LogP contribution is -2.10. The molecule has 0 fully saturated rings. The summed E-state index contributed by atoms with van der Waals surface area (Å²) < 4.78 is 2.37. The zero-order valence-electron chi connectivity index (χ0n) is 26.5. The van der Waals surface area contributed by atoms with Gasteiger partial charge >= 0.3 is 0 Å². The first kappa shape index (κ1) is 27.9. The average Bonchev–Trinajstić information content (AvgIpc) is 3.41. The largest absolute Gasteiger partial charge is 0.356 e. The summed E-state index contributed by atoms with van der Waals surface area (Å²) in [5, 5.41) is 8.67. The van der Waals surface area contributed by atoms with Crippen LogP contribution in [0.25, 0.3) is 60.5 Å². The van der Waals surface area contributed by atoms with Crippen LogP contribution in [0.2, 0.25) is 0 Å². The van der Waals surface area contributed by atoms with Crippen molar-refractivity contribution in [3.05, 3.63) is 163 Å². The molecule has 0 aliphatic heterocycles. The second kappa shape index (κ2) is 11.1. The topological polar surface area (TPSA) is 17.0 Å². The number of nitrogens with zero attached hydrogens (tertiary/aromatic N) is 1. The molecule has 8 aromatic rings. The van der Waals surface area contributed by atoms with Gasteiger partial charge in [-0.1, -0.05) is 118 Å². The minimum Gasteiger partial charge on any atom is -0.356 e. The molecule has 0 spiro atoms. The molecule has 0 amide bonds. The number of aromatic nitrogens is 1. The average molecular weight is 593 g/mol. The van der Waals surface area contributed by atoms with Crippen molar-refractivity contribution < 1.29 is 0 Å². The van der Waals surface area contributed by atoms with E-state index in [4.69, 9.17) is 0 Å². The molecule has 2 nitrogen and oxygen atoms in total. The van der Waals surface area contributed by atoms with Gasteiger partial charge in [-0.25, -0.2) is 0 Å². The van der Waals surface area contributed by atoms with Crippen LogP contribution in [-0.2, 0) is 5.41 Å². The summed E-state index contributed by atoms with van der Waals surface area (Å²) in [6, 6.07) is 57.2. The molecule has 0 radical (unpaired) electrons. The van der Waals surface area contributed by atoms with E-state index in [1.807, 2.05) is 0 Å². The van der Waals surface area contributed by atoms with Gasteiger partial charge in [-0.2, -0.15) is 0 Å². The van der Waals surface area contributed by atoms with Crippen molar-refractivity contribution >= 4 is 44.0 Å². The second-order valence-electron chi connectivity index (χ2n) is 13.2. The van der Waals surface area contributed by atoms with Crippen molar-refractivity contribution in [3.8, 4) is 27.9 Å². The number of benzene rings is 7. The first-order valence-corrected chi connectivity index (χ1v) is 16.0. The van der Waals surface area contributed by atoms with Gasteiger partial charge in [-0.05, 0) is 105 Å². The molecule has 46 heavy (non-hydrogen) atoms. The lowest BCUT2D eigenvalue weighted by Gasteiger charge is -2.19. The lowest BCUT2D eigenvalue weighted by molar-refractivity contribution is 0.590. The Balaban J connectivity index is 1.17. The molecule has 0 saturated carbocycles. The van der Waals surface area contributed by atoms with Gasteiger partial charge in [0.1, 0.15) is 0 Å². The summed E-state index contributed by atoms with van der Waals surface area (Å²) in [6.07, 6.45) is 0. The fourth-order valence-corrected chi connectivity index (χ4v) is 6.58. The molecule has 0 bridgehead atoms. The van der Waals surface area contributed by atoms with Crippen LogP contribution < -0.4 is 5.32 Å². The van der Waals surface area contributed by atoms with Crippen molar-refractivity contribution in [2.45, 2.75) is 26.2 Å². The number of para-hydroxylation sites is 1. The van der Waals surface area contributed by atoms with Gasteiger partial charge in [0.15, 0.2) is 0 Å². The summed E-state index contributed by atoms with van der Waals surface area (Å²) in [5.74, 6) is 0. The standard InChI is InChI=1S/C44H36N2/c1-44(2,3)36-20-15-31(16-21-36)35-19-25-42-40(28-35)41-29-38(24-26-43(41)46(42)39-11-5-4-6-12-39)45-37-22-17-32(18-23-37)34-14-13-30-9-7-8-10-33(30)27-34/h4-29,45H,1-3H3.